The van der Waals surface area contributed by atoms with E-state index < -0.39 is 97.5 Å². The number of ether oxygens (including phenoxy) is 4. The normalized spacial score (nSPS) is 14.4. The van der Waals surface area contributed by atoms with E-state index in [1.165, 1.54) is 263 Å². The van der Waals surface area contributed by atoms with E-state index in [1.54, 1.807) is 0 Å². The Morgan fingerprint density at radius 1 is 0.274 bits per heavy atom. The van der Waals surface area contributed by atoms with E-state index in [0.717, 1.165) is 114 Å². The fourth-order valence-electron chi connectivity index (χ4n) is 13.5. The molecule has 7 atom stereocenters. The zero-order chi connectivity index (χ0) is 77.9. The van der Waals surface area contributed by atoms with Crippen LogP contribution in [0, 0.1) is 17.8 Å². The molecule has 0 aromatic rings. The number of hydrogen-bond donors (Lipinski definition) is 3. The Labute approximate surface area is 651 Å². The molecule has 0 radical (unpaired) electrons. The van der Waals surface area contributed by atoms with Gasteiger partial charge in [-0.05, 0) is 43.4 Å². The van der Waals surface area contributed by atoms with Crippen molar-refractivity contribution in [1.29, 1.82) is 0 Å². The first-order valence-electron chi connectivity index (χ1n) is 44.9. The number of esters is 4. The number of carbonyl (C=O) groups is 4. The van der Waals surface area contributed by atoms with Crippen LogP contribution in [0.15, 0.2) is 0 Å². The summed E-state index contributed by atoms with van der Waals surface area (Å²) < 4.78 is 68.9. The number of phosphoric acid groups is 2. The quantitative estimate of drug-likeness (QED) is 0.0222. The third-order valence-corrected chi connectivity index (χ3v) is 23.0. The summed E-state index contributed by atoms with van der Waals surface area (Å²) in [7, 11) is -9.93. The standard InChI is InChI=1S/C87H170O17P2/c1-8-11-12-13-14-15-16-17-18-21-25-32-37-42-47-56-64-71-87(92)104-83(75-98-85(90)69-62-55-50-49-53-60-67-80(7)10-3)77-102-106(95,96)100-73-81(88)72-99-105(93,94)101-76-82(74-97-84(89)68-61-54-46-41-36-31-28-27-30-35-40-45-52-59-66-79(6)9-2)103-86(91)70-63-57-48-43-38-33-26-23-20-19-22-24-29-34-39-44-51-58-65-78(4)5/h78-83,88H,8-77H2,1-7H3,(H,93,94)(H,95,96)/t79?,80?,81-,82-,83-/m1/s1. The third kappa shape index (κ3) is 77.4. The van der Waals surface area contributed by atoms with Gasteiger partial charge in [-0.3, -0.25) is 37.3 Å². The molecule has 0 rings (SSSR count). The van der Waals surface area contributed by atoms with Gasteiger partial charge in [0, 0.05) is 25.7 Å². The largest absolute Gasteiger partial charge is 0.472 e. The summed E-state index contributed by atoms with van der Waals surface area (Å²) in [5.74, 6) is 0.297. The molecule has 4 unspecified atom stereocenters. The summed E-state index contributed by atoms with van der Waals surface area (Å²) in [6.07, 6.45) is 68.0. The number of unbranched alkanes of at least 4 members (excludes halogenated alkanes) is 51. The molecule has 0 spiro atoms. The van der Waals surface area contributed by atoms with Crippen molar-refractivity contribution in [3.63, 3.8) is 0 Å². The lowest BCUT2D eigenvalue weighted by Crippen LogP contribution is -2.30. The number of phosphoric ester groups is 2. The van der Waals surface area contributed by atoms with E-state index in [1.807, 2.05) is 0 Å². The topological polar surface area (TPSA) is 237 Å². The summed E-state index contributed by atoms with van der Waals surface area (Å²) in [4.78, 5) is 73.3. The first-order chi connectivity index (χ1) is 51.3. The van der Waals surface area contributed by atoms with Crippen molar-refractivity contribution in [2.45, 2.75) is 478 Å². The van der Waals surface area contributed by atoms with Gasteiger partial charge in [-0.2, -0.15) is 0 Å². The zero-order valence-corrected chi connectivity index (χ0v) is 71.7. The van der Waals surface area contributed by atoms with Crippen molar-refractivity contribution < 1.29 is 80.2 Å². The summed E-state index contributed by atoms with van der Waals surface area (Å²) in [6, 6.07) is 0. The maximum Gasteiger partial charge on any atom is 0.472 e. The molecule has 0 heterocycles. The van der Waals surface area contributed by atoms with Gasteiger partial charge in [-0.25, -0.2) is 9.13 Å². The number of carbonyl (C=O) groups excluding carboxylic acids is 4. The monoisotopic (exact) mass is 1550 g/mol. The Morgan fingerprint density at radius 3 is 0.717 bits per heavy atom. The molecule has 0 aliphatic heterocycles. The Kier molecular flexibility index (Phi) is 75.6. The fourth-order valence-corrected chi connectivity index (χ4v) is 15.1. The molecule has 0 aliphatic rings. The zero-order valence-electron chi connectivity index (χ0n) is 69.9. The maximum absolute atomic E-state index is 13.2. The van der Waals surface area contributed by atoms with Crippen molar-refractivity contribution in [2.24, 2.45) is 17.8 Å². The lowest BCUT2D eigenvalue weighted by molar-refractivity contribution is -0.161. The molecule has 0 bridgehead atoms. The van der Waals surface area contributed by atoms with Gasteiger partial charge in [-0.1, -0.05) is 408 Å². The lowest BCUT2D eigenvalue weighted by atomic mass is 9.99. The van der Waals surface area contributed by atoms with Gasteiger partial charge in [0.1, 0.15) is 19.3 Å². The smallest absolute Gasteiger partial charge is 0.462 e. The SMILES string of the molecule is CCCCCCCCCCCCCCCCCCCC(=O)O[C@H](COC(=O)CCCCCCCCC(C)CC)COP(=O)(O)OC[C@H](O)COP(=O)(O)OC[C@@H](COC(=O)CCCCCCCCCCCCCCCCC(C)CC)OC(=O)CCCCCCCCCCCCCCCCCCCCC(C)C. The number of aliphatic hydroxyl groups excluding tert-OH is 1. The van der Waals surface area contributed by atoms with Crippen molar-refractivity contribution >= 4 is 39.5 Å². The van der Waals surface area contributed by atoms with Crippen LogP contribution in [0.4, 0.5) is 0 Å². The van der Waals surface area contributed by atoms with Gasteiger partial charge in [0.15, 0.2) is 12.2 Å². The van der Waals surface area contributed by atoms with Gasteiger partial charge in [0.25, 0.3) is 0 Å². The summed E-state index contributed by atoms with van der Waals surface area (Å²) in [5, 5.41) is 10.7. The number of rotatable bonds is 85. The molecular weight excluding hydrogens is 1380 g/mol. The molecule has 630 valence electrons. The van der Waals surface area contributed by atoms with Crippen LogP contribution >= 0.6 is 15.6 Å². The molecular formula is C87H170O17P2. The van der Waals surface area contributed by atoms with Crippen molar-refractivity contribution in [2.75, 3.05) is 39.6 Å². The third-order valence-electron chi connectivity index (χ3n) is 21.1. The van der Waals surface area contributed by atoms with Crippen LogP contribution in [-0.2, 0) is 65.4 Å². The van der Waals surface area contributed by atoms with Gasteiger partial charge in [0.2, 0.25) is 0 Å². The molecule has 0 aromatic carbocycles. The van der Waals surface area contributed by atoms with Crippen LogP contribution in [0.1, 0.15) is 459 Å². The van der Waals surface area contributed by atoms with E-state index in [2.05, 4.69) is 48.5 Å². The molecule has 0 saturated heterocycles. The van der Waals surface area contributed by atoms with E-state index in [9.17, 15) is 43.2 Å². The van der Waals surface area contributed by atoms with Gasteiger partial charge < -0.3 is 33.8 Å². The average Bonchev–Trinajstić information content (AvgIpc) is 0.901. The van der Waals surface area contributed by atoms with E-state index in [-0.39, 0.29) is 25.7 Å². The predicted octanol–water partition coefficient (Wildman–Crippen LogP) is 26.5. The van der Waals surface area contributed by atoms with Crippen LogP contribution in [0.2, 0.25) is 0 Å². The Bertz CT molecular complexity index is 2050. The molecule has 3 N–H and O–H groups in total. The first kappa shape index (κ1) is 104. The van der Waals surface area contributed by atoms with Gasteiger partial charge >= 0.3 is 39.5 Å². The molecule has 17 nitrogen and oxygen atoms in total. The molecule has 106 heavy (non-hydrogen) atoms. The van der Waals surface area contributed by atoms with E-state index in [4.69, 9.17) is 37.0 Å². The van der Waals surface area contributed by atoms with Crippen LogP contribution in [0.3, 0.4) is 0 Å². The van der Waals surface area contributed by atoms with E-state index >= 15 is 0 Å². The Hall–Kier alpha value is -1.94. The van der Waals surface area contributed by atoms with E-state index in [0.29, 0.717) is 25.7 Å². The van der Waals surface area contributed by atoms with Gasteiger partial charge in [-0.15, -0.1) is 0 Å². The first-order valence-corrected chi connectivity index (χ1v) is 47.9. The number of hydrogen-bond acceptors (Lipinski definition) is 15. The molecule has 0 fully saturated rings. The second-order valence-electron chi connectivity index (χ2n) is 32.2. The second kappa shape index (κ2) is 77.0. The summed E-state index contributed by atoms with van der Waals surface area (Å²) in [6.45, 7) is 12.0. The minimum Gasteiger partial charge on any atom is -0.462 e. The number of aliphatic hydroxyl groups is 1. The Balaban J connectivity index is 5.23. The lowest BCUT2D eigenvalue weighted by Gasteiger charge is -2.21. The van der Waals surface area contributed by atoms with Crippen LogP contribution < -0.4 is 0 Å². The molecule has 19 heteroatoms. The summed E-state index contributed by atoms with van der Waals surface area (Å²) >= 11 is 0. The van der Waals surface area contributed by atoms with Crippen LogP contribution in [0.25, 0.3) is 0 Å². The molecule has 0 aliphatic carbocycles. The minimum atomic E-state index is -4.97. The fraction of sp³-hybridized carbons (Fsp3) is 0.954. The van der Waals surface area contributed by atoms with Gasteiger partial charge in [0.05, 0.1) is 26.4 Å². The molecule has 0 amide bonds. The van der Waals surface area contributed by atoms with Crippen molar-refractivity contribution in [3.8, 4) is 0 Å². The highest BCUT2D eigenvalue weighted by Crippen LogP contribution is 2.45. The average molecular weight is 1550 g/mol. The van der Waals surface area contributed by atoms with Crippen molar-refractivity contribution in [3.05, 3.63) is 0 Å². The van der Waals surface area contributed by atoms with Crippen molar-refractivity contribution in [1.82, 2.24) is 0 Å². The molecule has 0 saturated carbocycles. The minimum absolute atomic E-state index is 0.108. The highest BCUT2D eigenvalue weighted by atomic mass is 31.2. The van der Waals surface area contributed by atoms with Crippen LogP contribution in [-0.4, -0.2) is 96.7 Å². The molecule has 0 aromatic heterocycles. The summed E-state index contributed by atoms with van der Waals surface area (Å²) in [5.41, 5.74) is 0. The maximum atomic E-state index is 13.2. The highest BCUT2D eigenvalue weighted by Gasteiger charge is 2.31. The highest BCUT2D eigenvalue weighted by molar-refractivity contribution is 7.47. The Morgan fingerprint density at radius 2 is 0.481 bits per heavy atom. The van der Waals surface area contributed by atoms with Crippen LogP contribution in [0.5, 0.6) is 0 Å². The second-order valence-corrected chi connectivity index (χ2v) is 35.1. The predicted molar refractivity (Wildman–Crippen MR) is 437 cm³/mol.